The van der Waals surface area contributed by atoms with Crippen molar-refractivity contribution in [2.75, 3.05) is 6.54 Å². The highest BCUT2D eigenvalue weighted by atomic mass is 14.9. The molecule has 0 heterocycles. The Morgan fingerprint density at radius 3 is 2.70 bits per heavy atom. The summed E-state index contributed by atoms with van der Waals surface area (Å²) in [5, 5.41) is 3.44. The van der Waals surface area contributed by atoms with E-state index < -0.39 is 0 Å². The van der Waals surface area contributed by atoms with Crippen molar-refractivity contribution < 1.29 is 0 Å². The maximum absolute atomic E-state index is 3.84. The van der Waals surface area contributed by atoms with Crippen LogP contribution in [0.2, 0.25) is 0 Å². The van der Waals surface area contributed by atoms with Gasteiger partial charge in [0.2, 0.25) is 0 Å². The first kappa shape index (κ1) is 7.80. The molecule has 0 amide bonds. The van der Waals surface area contributed by atoms with Crippen molar-refractivity contribution in [2.45, 2.75) is 32.7 Å². The molecule has 1 rings (SSSR count). The maximum Gasteiger partial charge on any atom is 0.0161 e. The first-order chi connectivity index (χ1) is 4.70. The van der Waals surface area contributed by atoms with Crippen LogP contribution in [0, 0.1) is 5.92 Å². The first-order valence-electron chi connectivity index (χ1n) is 4.08. The van der Waals surface area contributed by atoms with E-state index in [9.17, 15) is 0 Å². The lowest BCUT2D eigenvalue weighted by molar-refractivity contribution is 0.518. The van der Waals surface area contributed by atoms with Gasteiger partial charge in [-0.05, 0) is 32.6 Å². The zero-order valence-corrected chi connectivity index (χ0v) is 6.98. The molecule has 0 aromatic rings. The van der Waals surface area contributed by atoms with Crippen molar-refractivity contribution in [1.82, 2.24) is 5.32 Å². The Kier molecular flexibility index (Phi) is 2.50. The largest absolute Gasteiger partial charge is 0.310 e. The Labute approximate surface area is 63.5 Å². The molecule has 1 aliphatic rings. The van der Waals surface area contributed by atoms with Crippen molar-refractivity contribution in [3.05, 3.63) is 12.2 Å². The second-order valence-electron chi connectivity index (χ2n) is 3.46. The van der Waals surface area contributed by atoms with Gasteiger partial charge in [-0.3, -0.25) is 0 Å². The Hall–Kier alpha value is -0.300. The van der Waals surface area contributed by atoms with E-state index in [1.54, 1.807) is 0 Å². The maximum atomic E-state index is 3.84. The summed E-state index contributed by atoms with van der Waals surface area (Å²) in [7, 11) is 0. The number of hydrogen-bond donors (Lipinski definition) is 1. The molecule has 0 aromatic heterocycles. The Morgan fingerprint density at radius 2 is 2.30 bits per heavy atom. The molecule has 0 aliphatic heterocycles. The quantitative estimate of drug-likeness (QED) is 0.587. The van der Waals surface area contributed by atoms with E-state index >= 15 is 0 Å². The SMILES string of the molecule is C=C(C)CN[C@@H](C)C1CC1. The van der Waals surface area contributed by atoms with Gasteiger partial charge < -0.3 is 5.32 Å². The summed E-state index contributed by atoms with van der Waals surface area (Å²) in [5.74, 6) is 0.958. The Morgan fingerprint density at radius 1 is 1.70 bits per heavy atom. The average molecular weight is 139 g/mol. The van der Waals surface area contributed by atoms with E-state index in [-0.39, 0.29) is 0 Å². The second-order valence-corrected chi connectivity index (χ2v) is 3.46. The van der Waals surface area contributed by atoms with Crippen molar-refractivity contribution in [3.63, 3.8) is 0 Å². The van der Waals surface area contributed by atoms with Gasteiger partial charge in [-0.25, -0.2) is 0 Å². The minimum Gasteiger partial charge on any atom is -0.310 e. The second kappa shape index (κ2) is 3.20. The summed E-state index contributed by atoms with van der Waals surface area (Å²) in [5.41, 5.74) is 1.23. The number of nitrogens with one attached hydrogen (secondary N) is 1. The highest BCUT2D eigenvalue weighted by Crippen LogP contribution is 2.32. The normalized spacial score (nSPS) is 20.6. The van der Waals surface area contributed by atoms with Gasteiger partial charge in [0.15, 0.2) is 0 Å². The van der Waals surface area contributed by atoms with E-state index in [1.165, 1.54) is 18.4 Å². The van der Waals surface area contributed by atoms with E-state index in [0.29, 0.717) is 6.04 Å². The van der Waals surface area contributed by atoms with E-state index in [4.69, 9.17) is 0 Å². The number of hydrogen-bond acceptors (Lipinski definition) is 1. The van der Waals surface area contributed by atoms with Crippen LogP contribution in [0.15, 0.2) is 12.2 Å². The summed E-state index contributed by atoms with van der Waals surface area (Å²) >= 11 is 0. The fourth-order valence-electron chi connectivity index (χ4n) is 1.10. The summed E-state index contributed by atoms with van der Waals surface area (Å²) in [6, 6.07) is 0.705. The summed E-state index contributed by atoms with van der Waals surface area (Å²) < 4.78 is 0. The lowest BCUT2D eigenvalue weighted by atomic mass is 10.2. The van der Waals surface area contributed by atoms with Gasteiger partial charge in [0.1, 0.15) is 0 Å². The third kappa shape index (κ3) is 2.53. The zero-order valence-electron chi connectivity index (χ0n) is 6.98. The van der Waals surface area contributed by atoms with Crippen molar-refractivity contribution in [2.24, 2.45) is 5.92 Å². The number of rotatable bonds is 4. The molecule has 0 aromatic carbocycles. The summed E-state index contributed by atoms with van der Waals surface area (Å²) in [6.45, 7) is 9.15. The van der Waals surface area contributed by atoms with E-state index in [1.807, 2.05) is 0 Å². The monoisotopic (exact) mass is 139 g/mol. The molecule has 0 unspecified atom stereocenters. The molecule has 1 atom stereocenters. The lowest BCUT2D eigenvalue weighted by Gasteiger charge is -2.11. The molecule has 0 radical (unpaired) electrons. The predicted octanol–water partition coefficient (Wildman–Crippen LogP) is 1.95. The molecule has 1 N–H and O–H groups in total. The Balaban J connectivity index is 2.05. The van der Waals surface area contributed by atoms with Gasteiger partial charge in [-0.15, -0.1) is 0 Å². The van der Waals surface area contributed by atoms with Crippen LogP contribution in [0.5, 0.6) is 0 Å². The molecule has 0 spiro atoms. The molecular formula is C9H17N. The van der Waals surface area contributed by atoms with Crippen LogP contribution in [-0.4, -0.2) is 12.6 Å². The van der Waals surface area contributed by atoms with Gasteiger partial charge >= 0.3 is 0 Å². The zero-order chi connectivity index (χ0) is 7.56. The first-order valence-corrected chi connectivity index (χ1v) is 4.08. The molecule has 0 bridgehead atoms. The van der Waals surface area contributed by atoms with Gasteiger partial charge in [-0.2, -0.15) is 0 Å². The smallest absolute Gasteiger partial charge is 0.0161 e. The third-order valence-electron chi connectivity index (χ3n) is 2.05. The van der Waals surface area contributed by atoms with Crippen LogP contribution in [0.1, 0.15) is 26.7 Å². The minimum absolute atomic E-state index is 0.705. The van der Waals surface area contributed by atoms with Crippen LogP contribution in [0.25, 0.3) is 0 Å². The molecule has 1 heteroatoms. The van der Waals surface area contributed by atoms with Crippen LogP contribution in [-0.2, 0) is 0 Å². The van der Waals surface area contributed by atoms with E-state index in [0.717, 1.165) is 12.5 Å². The van der Waals surface area contributed by atoms with E-state index in [2.05, 4.69) is 25.7 Å². The molecule has 1 fully saturated rings. The predicted molar refractivity (Wildman–Crippen MR) is 45.0 cm³/mol. The van der Waals surface area contributed by atoms with Crippen LogP contribution < -0.4 is 5.32 Å². The molecule has 1 aliphatic carbocycles. The van der Waals surface area contributed by atoms with Gasteiger partial charge in [0.05, 0.1) is 0 Å². The van der Waals surface area contributed by atoms with Gasteiger partial charge in [0, 0.05) is 12.6 Å². The molecule has 0 saturated heterocycles. The molecule has 10 heavy (non-hydrogen) atoms. The fraction of sp³-hybridized carbons (Fsp3) is 0.778. The third-order valence-corrected chi connectivity index (χ3v) is 2.05. The Bertz CT molecular complexity index is 125. The van der Waals surface area contributed by atoms with Crippen molar-refractivity contribution >= 4 is 0 Å². The molecule has 1 nitrogen and oxygen atoms in total. The fourth-order valence-corrected chi connectivity index (χ4v) is 1.10. The van der Waals surface area contributed by atoms with Crippen LogP contribution >= 0.6 is 0 Å². The van der Waals surface area contributed by atoms with Gasteiger partial charge in [0.25, 0.3) is 0 Å². The van der Waals surface area contributed by atoms with Crippen molar-refractivity contribution in [3.8, 4) is 0 Å². The standard InChI is InChI=1S/C9H17N/c1-7(2)6-10-8(3)9-4-5-9/h8-10H,1,4-6H2,2-3H3/t8-/m0/s1. The minimum atomic E-state index is 0.705. The molecule has 58 valence electrons. The lowest BCUT2D eigenvalue weighted by Crippen LogP contribution is -2.28. The highest BCUT2D eigenvalue weighted by Gasteiger charge is 2.26. The average Bonchev–Trinajstić information content (AvgIpc) is 2.63. The summed E-state index contributed by atoms with van der Waals surface area (Å²) in [4.78, 5) is 0. The van der Waals surface area contributed by atoms with Crippen molar-refractivity contribution in [1.29, 1.82) is 0 Å². The summed E-state index contributed by atoms with van der Waals surface area (Å²) in [6.07, 6.45) is 2.84. The van der Waals surface area contributed by atoms with Gasteiger partial charge in [-0.1, -0.05) is 12.2 Å². The highest BCUT2D eigenvalue weighted by molar-refractivity contribution is 4.93. The molecular weight excluding hydrogens is 122 g/mol. The molecule has 1 saturated carbocycles. The topological polar surface area (TPSA) is 12.0 Å². The van der Waals surface area contributed by atoms with Crippen LogP contribution in [0.4, 0.5) is 0 Å². The van der Waals surface area contributed by atoms with Crippen LogP contribution in [0.3, 0.4) is 0 Å².